The third kappa shape index (κ3) is 4.18. The Hall–Kier alpha value is -3.11. The summed E-state index contributed by atoms with van der Waals surface area (Å²) in [5.74, 6) is 6.13. The smallest absolute Gasteiger partial charge is 0.101 e. The quantitative estimate of drug-likeness (QED) is 0.481. The van der Waals surface area contributed by atoms with Gasteiger partial charge in [-0.25, -0.2) is 0 Å². The van der Waals surface area contributed by atoms with Gasteiger partial charge in [0.15, 0.2) is 0 Å². The van der Waals surface area contributed by atoms with E-state index >= 15 is 0 Å². The molecular formula is C22H17N. The zero-order valence-corrected chi connectivity index (χ0v) is 12.8. The standard InChI is InChI=1S/C22H17N/c1-4-11-19(12-5-1)13-10-18-23-22(20-14-6-2-7-15-20)21-16-8-3-9-17-21/h1-9,11-12,14-18,22H. The van der Waals surface area contributed by atoms with E-state index in [1.54, 1.807) is 6.21 Å². The van der Waals surface area contributed by atoms with E-state index < -0.39 is 0 Å². The molecule has 0 heterocycles. The van der Waals surface area contributed by atoms with Crippen LogP contribution in [0.25, 0.3) is 0 Å². The SMILES string of the molecule is C(#Cc1ccccc1)C=NC(c1ccccc1)c1ccccc1. The first-order valence-corrected chi connectivity index (χ1v) is 7.61. The van der Waals surface area contributed by atoms with Gasteiger partial charge in [-0.05, 0) is 29.2 Å². The van der Waals surface area contributed by atoms with Gasteiger partial charge in [-0.15, -0.1) is 0 Å². The van der Waals surface area contributed by atoms with Crippen LogP contribution >= 0.6 is 0 Å². The lowest BCUT2D eigenvalue weighted by molar-refractivity contribution is 0.879. The summed E-state index contributed by atoms with van der Waals surface area (Å²) in [6.07, 6.45) is 1.71. The Morgan fingerprint density at radius 2 is 1.13 bits per heavy atom. The van der Waals surface area contributed by atoms with E-state index in [9.17, 15) is 0 Å². The van der Waals surface area contributed by atoms with E-state index in [1.807, 2.05) is 66.7 Å². The molecule has 3 rings (SSSR count). The van der Waals surface area contributed by atoms with E-state index in [4.69, 9.17) is 0 Å². The van der Waals surface area contributed by atoms with Gasteiger partial charge in [-0.3, -0.25) is 4.99 Å². The third-order valence-electron chi connectivity index (χ3n) is 3.51. The number of rotatable bonds is 3. The van der Waals surface area contributed by atoms with Crippen molar-refractivity contribution in [1.82, 2.24) is 0 Å². The van der Waals surface area contributed by atoms with Crippen LogP contribution in [0.2, 0.25) is 0 Å². The Morgan fingerprint density at radius 3 is 1.65 bits per heavy atom. The summed E-state index contributed by atoms with van der Waals surface area (Å²) in [6.45, 7) is 0. The zero-order chi connectivity index (χ0) is 15.7. The van der Waals surface area contributed by atoms with Crippen molar-refractivity contribution in [2.24, 2.45) is 4.99 Å². The predicted molar refractivity (Wildman–Crippen MR) is 96.5 cm³/mol. The van der Waals surface area contributed by atoms with Gasteiger partial charge in [0.25, 0.3) is 0 Å². The van der Waals surface area contributed by atoms with Gasteiger partial charge < -0.3 is 0 Å². The van der Waals surface area contributed by atoms with E-state index in [0.717, 1.165) is 16.7 Å². The van der Waals surface area contributed by atoms with Crippen molar-refractivity contribution >= 4 is 6.21 Å². The fraction of sp³-hybridized carbons (Fsp3) is 0.0455. The maximum absolute atomic E-state index is 4.68. The van der Waals surface area contributed by atoms with Crippen LogP contribution in [-0.4, -0.2) is 6.21 Å². The molecular weight excluding hydrogens is 278 g/mol. The fourth-order valence-corrected chi connectivity index (χ4v) is 2.38. The first-order valence-electron chi connectivity index (χ1n) is 7.61. The highest BCUT2D eigenvalue weighted by Crippen LogP contribution is 2.25. The molecule has 0 N–H and O–H groups in total. The molecule has 1 heteroatoms. The van der Waals surface area contributed by atoms with Crippen LogP contribution < -0.4 is 0 Å². The number of hydrogen-bond acceptors (Lipinski definition) is 1. The minimum atomic E-state index is -0.0255. The van der Waals surface area contributed by atoms with Gasteiger partial charge in [0.05, 0.1) is 6.21 Å². The number of aliphatic imine (C=N–C) groups is 1. The highest BCUT2D eigenvalue weighted by atomic mass is 14.8. The highest BCUT2D eigenvalue weighted by Gasteiger charge is 2.10. The minimum Gasteiger partial charge on any atom is -0.271 e. The molecule has 0 spiro atoms. The molecule has 3 aromatic carbocycles. The van der Waals surface area contributed by atoms with Crippen LogP contribution in [0.1, 0.15) is 22.7 Å². The molecule has 0 aliphatic heterocycles. The van der Waals surface area contributed by atoms with Crippen molar-refractivity contribution < 1.29 is 0 Å². The Balaban J connectivity index is 1.85. The number of hydrogen-bond donors (Lipinski definition) is 0. The zero-order valence-electron chi connectivity index (χ0n) is 12.8. The van der Waals surface area contributed by atoms with E-state index in [1.165, 1.54) is 0 Å². The topological polar surface area (TPSA) is 12.4 Å². The van der Waals surface area contributed by atoms with Crippen molar-refractivity contribution in [3.63, 3.8) is 0 Å². The monoisotopic (exact) mass is 295 g/mol. The van der Waals surface area contributed by atoms with E-state index in [2.05, 4.69) is 41.1 Å². The first kappa shape index (κ1) is 14.8. The molecule has 23 heavy (non-hydrogen) atoms. The van der Waals surface area contributed by atoms with Gasteiger partial charge in [-0.1, -0.05) is 84.8 Å². The molecule has 0 bridgehead atoms. The van der Waals surface area contributed by atoms with E-state index in [-0.39, 0.29) is 6.04 Å². The molecule has 0 aromatic heterocycles. The van der Waals surface area contributed by atoms with Crippen LogP contribution in [0.3, 0.4) is 0 Å². The molecule has 0 amide bonds. The second-order valence-electron chi connectivity index (χ2n) is 5.14. The minimum absolute atomic E-state index is 0.0255. The summed E-state index contributed by atoms with van der Waals surface area (Å²) in [6, 6.07) is 30.5. The molecule has 1 nitrogen and oxygen atoms in total. The average molecular weight is 295 g/mol. The Morgan fingerprint density at radius 1 is 0.652 bits per heavy atom. The lowest BCUT2D eigenvalue weighted by atomic mass is 9.99. The molecule has 0 fully saturated rings. The maximum atomic E-state index is 4.68. The second kappa shape index (κ2) is 7.77. The third-order valence-corrected chi connectivity index (χ3v) is 3.51. The van der Waals surface area contributed by atoms with Crippen LogP contribution in [0.4, 0.5) is 0 Å². The van der Waals surface area contributed by atoms with Crippen molar-refractivity contribution in [3.05, 3.63) is 108 Å². The molecule has 3 aromatic rings. The van der Waals surface area contributed by atoms with Crippen molar-refractivity contribution in [1.29, 1.82) is 0 Å². The lowest BCUT2D eigenvalue weighted by Crippen LogP contribution is -1.97. The first-order chi connectivity index (χ1) is 11.4. The Kier molecular flexibility index (Phi) is 5.01. The Bertz CT molecular complexity index is 770. The summed E-state index contributed by atoms with van der Waals surface area (Å²) in [7, 11) is 0. The summed E-state index contributed by atoms with van der Waals surface area (Å²) < 4.78 is 0. The summed E-state index contributed by atoms with van der Waals surface area (Å²) in [5.41, 5.74) is 3.32. The van der Waals surface area contributed by atoms with Crippen molar-refractivity contribution in [2.75, 3.05) is 0 Å². The summed E-state index contributed by atoms with van der Waals surface area (Å²) in [5, 5.41) is 0. The molecule has 0 aliphatic rings. The molecule has 0 radical (unpaired) electrons. The summed E-state index contributed by atoms with van der Waals surface area (Å²) >= 11 is 0. The van der Waals surface area contributed by atoms with Crippen molar-refractivity contribution in [2.45, 2.75) is 6.04 Å². The molecule has 110 valence electrons. The van der Waals surface area contributed by atoms with Crippen LogP contribution in [0, 0.1) is 11.8 Å². The van der Waals surface area contributed by atoms with Crippen LogP contribution in [0.15, 0.2) is 96.0 Å². The molecule has 0 aliphatic carbocycles. The lowest BCUT2D eigenvalue weighted by Gasteiger charge is -2.12. The van der Waals surface area contributed by atoms with Gasteiger partial charge in [-0.2, -0.15) is 0 Å². The molecule has 0 saturated carbocycles. The average Bonchev–Trinajstić information content (AvgIpc) is 2.64. The van der Waals surface area contributed by atoms with Gasteiger partial charge >= 0.3 is 0 Å². The number of nitrogens with zero attached hydrogens (tertiary/aromatic N) is 1. The largest absolute Gasteiger partial charge is 0.271 e. The molecule has 0 unspecified atom stereocenters. The fourth-order valence-electron chi connectivity index (χ4n) is 2.38. The highest BCUT2D eigenvalue weighted by molar-refractivity contribution is 5.79. The maximum Gasteiger partial charge on any atom is 0.101 e. The van der Waals surface area contributed by atoms with Gasteiger partial charge in [0.1, 0.15) is 6.04 Å². The summed E-state index contributed by atoms with van der Waals surface area (Å²) in [4.78, 5) is 4.68. The number of benzene rings is 3. The normalized spacial score (nSPS) is 10.5. The Labute approximate surface area is 137 Å². The van der Waals surface area contributed by atoms with Gasteiger partial charge in [0, 0.05) is 5.56 Å². The second-order valence-corrected chi connectivity index (χ2v) is 5.14. The molecule has 0 atom stereocenters. The van der Waals surface area contributed by atoms with Crippen LogP contribution in [-0.2, 0) is 0 Å². The van der Waals surface area contributed by atoms with Gasteiger partial charge in [0.2, 0.25) is 0 Å². The molecule has 0 saturated heterocycles. The van der Waals surface area contributed by atoms with Crippen molar-refractivity contribution in [3.8, 4) is 11.8 Å². The predicted octanol–water partition coefficient (Wildman–Crippen LogP) is 4.90. The van der Waals surface area contributed by atoms with E-state index in [0.29, 0.717) is 0 Å². The van der Waals surface area contributed by atoms with Crippen LogP contribution in [0.5, 0.6) is 0 Å².